The molecule has 1 aromatic carbocycles. The van der Waals surface area contributed by atoms with Crippen molar-refractivity contribution in [2.45, 2.75) is 0 Å². The topological polar surface area (TPSA) is 61.0 Å². The summed E-state index contributed by atoms with van der Waals surface area (Å²) in [6.07, 6.45) is 2.84. The summed E-state index contributed by atoms with van der Waals surface area (Å²) in [4.78, 5) is 12.0. The molecule has 5 nitrogen and oxygen atoms in total. The van der Waals surface area contributed by atoms with E-state index in [1.54, 1.807) is 24.3 Å². The maximum absolute atomic E-state index is 5.84. The third kappa shape index (κ3) is 2.05. The standard InChI is InChI=1S/C11H6ClN3O2/c12-7-2-1-3-8(4-7)17-11-13-5-9-10(15-11)16-6-14-9/h1-6H. The van der Waals surface area contributed by atoms with E-state index in [4.69, 9.17) is 20.8 Å². The number of ether oxygens (including phenoxy) is 1. The quantitative estimate of drug-likeness (QED) is 0.696. The first kappa shape index (κ1) is 10.0. The lowest BCUT2D eigenvalue weighted by Gasteiger charge is -2.02. The predicted molar refractivity (Wildman–Crippen MR) is 61.1 cm³/mol. The van der Waals surface area contributed by atoms with E-state index in [9.17, 15) is 0 Å². The molecule has 84 valence electrons. The van der Waals surface area contributed by atoms with Crippen LogP contribution in [0.1, 0.15) is 0 Å². The number of aromatic nitrogens is 3. The van der Waals surface area contributed by atoms with Crippen molar-refractivity contribution in [2.75, 3.05) is 0 Å². The lowest BCUT2D eigenvalue weighted by Crippen LogP contribution is -1.91. The predicted octanol–water partition coefficient (Wildman–Crippen LogP) is 3.06. The van der Waals surface area contributed by atoms with Gasteiger partial charge >= 0.3 is 6.01 Å². The zero-order chi connectivity index (χ0) is 11.7. The fourth-order valence-corrected chi connectivity index (χ4v) is 1.52. The van der Waals surface area contributed by atoms with Crippen molar-refractivity contribution in [3.05, 3.63) is 41.9 Å². The Hall–Kier alpha value is -2.14. The van der Waals surface area contributed by atoms with Gasteiger partial charge in [-0.25, -0.2) is 9.97 Å². The number of fused-ring (bicyclic) bond motifs is 1. The van der Waals surface area contributed by atoms with E-state index in [-0.39, 0.29) is 6.01 Å². The largest absolute Gasteiger partial charge is 0.425 e. The molecule has 0 aliphatic heterocycles. The minimum atomic E-state index is 0.191. The first-order valence-electron chi connectivity index (χ1n) is 4.81. The fraction of sp³-hybridized carbons (Fsp3) is 0. The van der Waals surface area contributed by atoms with Crippen LogP contribution >= 0.6 is 11.6 Å². The van der Waals surface area contributed by atoms with Gasteiger partial charge in [0.2, 0.25) is 0 Å². The Morgan fingerprint density at radius 3 is 3.06 bits per heavy atom. The third-order valence-electron chi connectivity index (χ3n) is 2.07. The van der Waals surface area contributed by atoms with Gasteiger partial charge in [-0.15, -0.1) is 0 Å². The van der Waals surface area contributed by atoms with Gasteiger partial charge in [0.25, 0.3) is 5.71 Å². The van der Waals surface area contributed by atoms with Crippen molar-refractivity contribution in [1.29, 1.82) is 0 Å². The fourth-order valence-electron chi connectivity index (χ4n) is 1.34. The second-order valence-electron chi connectivity index (χ2n) is 3.25. The summed E-state index contributed by atoms with van der Waals surface area (Å²) in [7, 11) is 0. The third-order valence-corrected chi connectivity index (χ3v) is 2.31. The van der Waals surface area contributed by atoms with Crippen LogP contribution < -0.4 is 4.74 Å². The first-order valence-corrected chi connectivity index (χ1v) is 5.19. The number of halogens is 1. The Kier molecular flexibility index (Phi) is 2.38. The molecule has 2 heterocycles. The molecule has 0 saturated heterocycles. The van der Waals surface area contributed by atoms with Crippen LogP contribution in [0.4, 0.5) is 0 Å². The molecular formula is C11H6ClN3O2. The lowest BCUT2D eigenvalue weighted by atomic mass is 10.3. The maximum Gasteiger partial charge on any atom is 0.325 e. The van der Waals surface area contributed by atoms with Gasteiger partial charge in [-0.1, -0.05) is 17.7 Å². The summed E-state index contributed by atoms with van der Waals surface area (Å²) >= 11 is 5.84. The SMILES string of the molecule is Clc1cccc(Oc2ncc3ncoc3n2)c1. The van der Waals surface area contributed by atoms with E-state index in [0.29, 0.717) is 22.0 Å². The van der Waals surface area contributed by atoms with Crippen molar-refractivity contribution in [3.8, 4) is 11.8 Å². The summed E-state index contributed by atoms with van der Waals surface area (Å²) in [6.45, 7) is 0. The van der Waals surface area contributed by atoms with Crippen LogP contribution in [0.2, 0.25) is 5.02 Å². The Morgan fingerprint density at radius 2 is 2.18 bits per heavy atom. The molecule has 0 spiro atoms. The molecule has 0 aliphatic carbocycles. The van der Waals surface area contributed by atoms with Crippen molar-refractivity contribution >= 4 is 22.8 Å². The Balaban J connectivity index is 1.94. The molecule has 3 aromatic rings. The van der Waals surface area contributed by atoms with E-state index >= 15 is 0 Å². The monoisotopic (exact) mass is 247 g/mol. The Morgan fingerprint density at radius 1 is 1.24 bits per heavy atom. The van der Waals surface area contributed by atoms with Crippen molar-refractivity contribution in [3.63, 3.8) is 0 Å². The molecule has 6 heteroatoms. The molecule has 0 atom stereocenters. The lowest BCUT2D eigenvalue weighted by molar-refractivity contribution is 0.440. The van der Waals surface area contributed by atoms with Crippen LogP contribution in [0.15, 0.2) is 41.3 Å². The molecular weight excluding hydrogens is 242 g/mol. The molecule has 0 fully saturated rings. The van der Waals surface area contributed by atoms with Gasteiger partial charge in [0, 0.05) is 5.02 Å². The van der Waals surface area contributed by atoms with Crippen molar-refractivity contribution < 1.29 is 9.15 Å². The van der Waals surface area contributed by atoms with Gasteiger partial charge in [0.05, 0.1) is 6.20 Å². The highest BCUT2D eigenvalue weighted by Gasteiger charge is 2.05. The summed E-state index contributed by atoms with van der Waals surface area (Å²) in [5.41, 5.74) is 0.973. The van der Waals surface area contributed by atoms with Gasteiger partial charge < -0.3 is 9.15 Å². The molecule has 0 radical (unpaired) electrons. The van der Waals surface area contributed by atoms with Crippen LogP contribution in [0.25, 0.3) is 11.2 Å². The number of hydrogen-bond acceptors (Lipinski definition) is 5. The number of nitrogens with zero attached hydrogens (tertiary/aromatic N) is 3. The number of benzene rings is 1. The highest BCUT2D eigenvalue weighted by molar-refractivity contribution is 6.30. The second kappa shape index (κ2) is 4.03. The van der Waals surface area contributed by atoms with Gasteiger partial charge in [-0.2, -0.15) is 4.98 Å². The molecule has 0 saturated carbocycles. The smallest absolute Gasteiger partial charge is 0.325 e. The van der Waals surface area contributed by atoms with Crippen LogP contribution in [0.3, 0.4) is 0 Å². The average Bonchev–Trinajstić information content (AvgIpc) is 2.76. The summed E-state index contributed by atoms with van der Waals surface area (Å²) in [5, 5.41) is 0.586. The highest BCUT2D eigenvalue weighted by atomic mass is 35.5. The average molecular weight is 248 g/mol. The van der Waals surface area contributed by atoms with E-state index in [0.717, 1.165) is 0 Å². The zero-order valence-corrected chi connectivity index (χ0v) is 9.26. The normalized spacial score (nSPS) is 10.6. The van der Waals surface area contributed by atoms with Gasteiger partial charge in [0.15, 0.2) is 6.39 Å². The van der Waals surface area contributed by atoms with Crippen LogP contribution in [0, 0.1) is 0 Å². The summed E-state index contributed by atoms with van der Waals surface area (Å²) < 4.78 is 10.5. The van der Waals surface area contributed by atoms with E-state index < -0.39 is 0 Å². The van der Waals surface area contributed by atoms with Crippen LogP contribution in [-0.2, 0) is 0 Å². The molecule has 0 N–H and O–H groups in total. The number of oxazole rings is 1. The maximum atomic E-state index is 5.84. The zero-order valence-electron chi connectivity index (χ0n) is 8.50. The number of rotatable bonds is 2. The van der Waals surface area contributed by atoms with Gasteiger partial charge in [0.1, 0.15) is 11.3 Å². The van der Waals surface area contributed by atoms with Crippen LogP contribution in [0.5, 0.6) is 11.8 Å². The molecule has 3 rings (SSSR count). The van der Waals surface area contributed by atoms with Crippen molar-refractivity contribution in [1.82, 2.24) is 15.0 Å². The summed E-state index contributed by atoms with van der Waals surface area (Å²) in [6, 6.07) is 7.17. The highest BCUT2D eigenvalue weighted by Crippen LogP contribution is 2.22. The Labute approximate surface area is 101 Å². The van der Waals surface area contributed by atoms with E-state index in [2.05, 4.69) is 15.0 Å². The van der Waals surface area contributed by atoms with Crippen LogP contribution in [-0.4, -0.2) is 15.0 Å². The van der Waals surface area contributed by atoms with Gasteiger partial charge in [-0.3, -0.25) is 0 Å². The Bertz CT molecular complexity index is 668. The summed E-state index contributed by atoms with van der Waals surface area (Å²) in [5.74, 6) is 0.566. The van der Waals surface area contributed by atoms with E-state index in [1.807, 2.05) is 0 Å². The molecule has 0 amide bonds. The van der Waals surface area contributed by atoms with Crippen molar-refractivity contribution in [2.24, 2.45) is 0 Å². The molecule has 2 aromatic heterocycles. The molecule has 0 bridgehead atoms. The second-order valence-corrected chi connectivity index (χ2v) is 3.69. The van der Waals surface area contributed by atoms with E-state index in [1.165, 1.54) is 12.6 Å². The molecule has 0 unspecified atom stereocenters. The molecule has 17 heavy (non-hydrogen) atoms. The minimum absolute atomic E-state index is 0.191. The minimum Gasteiger partial charge on any atom is -0.425 e. The molecule has 0 aliphatic rings. The number of hydrogen-bond donors (Lipinski definition) is 0. The first-order chi connectivity index (χ1) is 8.31. The van der Waals surface area contributed by atoms with Gasteiger partial charge in [-0.05, 0) is 18.2 Å².